The summed E-state index contributed by atoms with van der Waals surface area (Å²) in [6, 6.07) is 0. The van der Waals surface area contributed by atoms with Crippen molar-refractivity contribution in [3.63, 3.8) is 0 Å². The Balaban J connectivity index is 2.87. The van der Waals surface area contributed by atoms with Gasteiger partial charge >= 0.3 is 0 Å². The van der Waals surface area contributed by atoms with Gasteiger partial charge in [0.2, 0.25) is 0 Å². The lowest BCUT2D eigenvalue weighted by Crippen LogP contribution is -2.16. The number of carbonyl (C=O) groups excluding carboxylic acids is 1. The minimum Gasteiger partial charge on any atom is -0.364 e. The summed E-state index contributed by atoms with van der Waals surface area (Å²) in [5.41, 5.74) is 6.43. The molecular formula is C11H20N4O. The van der Waals surface area contributed by atoms with E-state index >= 15 is 0 Å². The minimum atomic E-state index is -0.495. The van der Waals surface area contributed by atoms with Crippen molar-refractivity contribution in [2.45, 2.75) is 52.5 Å². The summed E-state index contributed by atoms with van der Waals surface area (Å²) in [5.74, 6) is -0.287. The number of nitrogens with zero attached hydrogens (tertiary/aromatic N) is 3. The monoisotopic (exact) mass is 224 g/mol. The molecule has 2 N–H and O–H groups in total. The highest BCUT2D eigenvalue weighted by molar-refractivity contribution is 5.91. The lowest BCUT2D eigenvalue weighted by Gasteiger charge is -2.09. The van der Waals surface area contributed by atoms with Gasteiger partial charge in [-0.25, -0.2) is 4.68 Å². The molecule has 16 heavy (non-hydrogen) atoms. The number of hydrogen-bond donors (Lipinski definition) is 1. The largest absolute Gasteiger partial charge is 0.364 e. The van der Waals surface area contributed by atoms with Crippen molar-refractivity contribution in [2.75, 3.05) is 0 Å². The molecule has 5 nitrogen and oxygen atoms in total. The first-order valence-corrected chi connectivity index (χ1v) is 5.81. The molecule has 1 amide bonds. The normalized spacial score (nSPS) is 11.0. The van der Waals surface area contributed by atoms with E-state index in [9.17, 15) is 4.79 Å². The van der Waals surface area contributed by atoms with E-state index in [1.54, 1.807) is 4.68 Å². The zero-order chi connectivity index (χ0) is 12.1. The zero-order valence-electron chi connectivity index (χ0n) is 10.2. The summed E-state index contributed by atoms with van der Waals surface area (Å²) in [7, 11) is 0. The van der Waals surface area contributed by atoms with Crippen LogP contribution in [-0.2, 0) is 6.54 Å². The molecule has 0 atom stereocenters. The van der Waals surface area contributed by atoms with Gasteiger partial charge in [-0.15, -0.1) is 5.10 Å². The van der Waals surface area contributed by atoms with E-state index in [0.29, 0.717) is 5.69 Å². The lowest BCUT2D eigenvalue weighted by atomic mass is 10.1. The summed E-state index contributed by atoms with van der Waals surface area (Å²) in [6.07, 6.45) is 3.37. The van der Waals surface area contributed by atoms with Crippen LogP contribution in [-0.4, -0.2) is 20.9 Å². The minimum absolute atomic E-state index is 0.208. The van der Waals surface area contributed by atoms with Gasteiger partial charge in [0.1, 0.15) is 0 Å². The predicted octanol–water partition coefficient (Wildman–Crippen LogP) is 1.69. The molecular weight excluding hydrogens is 204 g/mol. The molecule has 0 aliphatic rings. The van der Waals surface area contributed by atoms with Gasteiger partial charge in [0, 0.05) is 6.54 Å². The van der Waals surface area contributed by atoms with Gasteiger partial charge in [-0.2, -0.15) is 0 Å². The standard InChI is InChI=1S/C11H20N4O/c1-4-5-6-7-15-10(8(2)3)9(11(12)16)13-14-15/h8H,4-7H2,1-3H3,(H2,12,16). The van der Waals surface area contributed by atoms with E-state index in [-0.39, 0.29) is 5.92 Å². The first-order valence-electron chi connectivity index (χ1n) is 5.81. The van der Waals surface area contributed by atoms with Crippen LogP contribution in [0.5, 0.6) is 0 Å². The third kappa shape index (κ3) is 2.81. The van der Waals surface area contributed by atoms with Crippen LogP contribution < -0.4 is 5.73 Å². The number of rotatable bonds is 6. The molecule has 0 saturated carbocycles. The maximum Gasteiger partial charge on any atom is 0.271 e. The van der Waals surface area contributed by atoms with Gasteiger partial charge in [0.15, 0.2) is 5.69 Å². The van der Waals surface area contributed by atoms with E-state index in [4.69, 9.17) is 5.73 Å². The van der Waals surface area contributed by atoms with Gasteiger partial charge in [-0.05, 0) is 12.3 Å². The van der Waals surface area contributed by atoms with E-state index < -0.39 is 5.91 Å². The number of aryl methyl sites for hydroxylation is 1. The molecule has 0 unspecified atom stereocenters. The summed E-state index contributed by atoms with van der Waals surface area (Å²) >= 11 is 0. The number of aromatic nitrogens is 3. The van der Waals surface area contributed by atoms with Crippen LogP contribution in [0.25, 0.3) is 0 Å². The highest BCUT2D eigenvalue weighted by atomic mass is 16.1. The second kappa shape index (κ2) is 5.63. The fourth-order valence-electron chi connectivity index (χ4n) is 1.74. The molecule has 1 rings (SSSR count). The quantitative estimate of drug-likeness (QED) is 0.747. The van der Waals surface area contributed by atoms with Crippen LogP contribution >= 0.6 is 0 Å². The first-order chi connectivity index (χ1) is 7.57. The predicted molar refractivity (Wildman–Crippen MR) is 62.2 cm³/mol. The highest BCUT2D eigenvalue weighted by Crippen LogP contribution is 2.17. The average Bonchev–Trinajstić information content (AvgIpc) is 2.62. The number of amides is 1. The summed E-state index contributed by atoms with van der Waals surface area (Å²) < 4.78 is 1.81. The summed E-state index contributed by atoms with van der Waals surface area (Å²) in [6.45, 7) is 6.99. The molecule has 1 aromatic heterocycles. The Labute approximate surface area is 96.0 Å². The van der Waals surface area contributed by atoms with E-state index in [1.807, 2.05) is 13.8 Å². The molecule has 0 aliphatic carbocycles. The van der Waals surface area contributed by atoms with E-state index in [0.717, 1.165) is 31.5 Å². The number of nitrogens with two attached hydrogens (primary N) is 1. The molecule has 0 saturated heterocycles. The third-order valence-electron chi connectivity index (χ3n) is 2.53. The molecule has 0 aliphatic heterocycles. The van der Waals surface area contributed by atoms with Crippen LogP contribution in [0.2, 0.25) is 0 Å². The van der Waals surface area contributed by atoms with Crippen LogP contribution in [0.1, 0.15) is 62.1 Å². The Bertz CT molecular complexity index is 357. The molecule has 90 valence electrons. The Morgan fingerprint density at radius 1 is 1.44 bits per heavy atom. The van der Waals surface area contributed by atoms with Crippen molar-refractivity contribution in [3.8, 4) is 0 Å². The maximum absolute atomic E-state index is 11.2. The molecule has 0 aromatic carbocycles. The van der Waals surface area contributed by atoms with Gasteiger partial charge < -0.3 is 5.73 Å². The summed E-state index contributed by atoms with van der Waals surface area (Å²) in [4.78, 5) is 11.2. The van der Waals surface area contributed by atoms with E-state index in [1.165, 1.54) is 0 Å². The fraction of sp³-hybridized carbons (Fsp3) is 0.727. The first kappa shape index (κ1) is 12.7. The zero-order valence-corrected chi connectivity index (χ0v) is 10.2. The van der Waals surface area contributed by atoms with E-state index in [2.05, 4.69) is 17.2 Å². The molecule has 0 fully saturated rings. The Morgan fingerprint density at radius 2 is 2.12 bits per heavy atom. The van der Waals surface area contributed by atoms with Gasteiger partial charge in [0.05, 0.1) is 5.69 Å². The molecule has 0 radical (unpaired) electrons. The van der Waals surface area contributed by atoms with Crippen LogP contribution in [0.4, 0.5) is 0 Å². The van der Waals surface area contributed by atoms with Crippen molar-refractivity contribution >= 4 is 5.91 Å². The number of primary amides is 1. The smallest absolute Gasteiger partial charge is 0.271 e. The molecule has 5 heteroatoms. The molecule has 0 spiro atoms. The SMILES string of the molecule is CCCCCn1nnc(C(N)=O)c1C(C)C. The van der Waals surface area contributed by atoms with Crippen LogP contribution in [0.3, 0.4) is 0 Å². The number of carbonyl (C=O) groups is 1. The fourth-order valence-corrected chi connectivity index (χ4v) is 1.74. The second-order valence-electron chi connectivity index (χ2n) is 4.27. The van der Waals surface area contributed by atoms with Crippen molar-refractivity contribution in [1.29, 1.82) is 0 Å². The van der Waals surface area contributed by atoms with Crippen molar-refractivity contribution < 1.29 is 4.79 Å². The molecule has 0 bridgehead atoms. The second-order valence-corrected chi connectivity index (χ2v) is 4.27. The van der Waals surface area contributed by atoms with Crippen molar-refractivity contribution in [3.05, 3.63) is 11.4 Å². The molecule has 1 aromatic rings. The van der Waals surface area contributed by atoms with Crippen molar-refractivity contribution in [1.82, 2.24) is 15.0 Å². The Hall–Kier alpha value is -1.39. The van der Waals surface area contributed by atoms with Crippen molar-refractivity contribution in [2.24, 2.45) is 5.73 Å². The van der Waals surface area contributed by atoms with Gasteiger partial charge in [-0.1, -0.05) is 38.8 Å². The van der Waals surface area contributed by atoms with Crippen LogP contribution in [0, 0.1) is 0 Å². The van der Waals surface area contributed by atoms with Gasteiger partial charge in [-0.3, -0.25) is 4.79 Å². The summed E-state index contributed by atoms with van der Waals surface area (Å²) in [5, 5.41) is 7.85. The Kier molecular flexibility index (Phi) is 4.46. The molecule has 1 heterocycles. The number of hydrogen-bond acceptors (Lipinski definition) is 3. The third-order valence-corrected chi connectivity index (χ3v) is 2.53. The topological polar surface area (TPSA) is 73.8 Å². The average molecular weight is 224 g/mol. The van der Waals surface area contributed by atoms with Gasteiger partial charge in [0.25, 0.3) is 5.91 Å². The number of unbranched alkanes of at least 4 members (excludes halogenated alkanes) is 2. The Morgan fingerprint density at radius 3 is 2.62 bits per heavy atom. The maximum atomic E-state index is 11.2. The highest BCUT2D eigenvalue weighted by Gasteiger charge is 2.19. The van der Waals surface area contributed by atoms with Crippen LogP contribution in [0.15, 0.2) is 0 Å². The lowest BCUT2D eigenvalue weighted by molar-refractivity contribution is 0.0994.